The van der Waals surface area contributed by atoms with Crippen LogP contribution in [0.15, 0.2) is 52.1 Å². The van der Waals surface area contributed by atoms with Crippen LogP contribution < -0.4 is 15.4 Å². The van der Waals surface area contributed by atoms with Gasteiger partial charge in [-0.05, 0) is 24.6 Å². The molecule has 0 aliphatic carbocycles. The molecule has 1 aromatic heterocycles. The van der Waals surface area contributed by atoms with Crippen molar-refractivity contribution >= 4 is 11.9 Å². The number of amides is 1. The van der Waals surface area contributed by atoms with Crippen LogP contribution in [0.2, 0.25) is 0 Å². The van der Waals surface area contributed by atoms with Gasteiger partial charge in [-0.15, -0.1) is 0 Å². The molecule has 4 rings (SSSR count). The highest BCUT2D eigenvalue weighted by molar-refractivity contribution is 5.82. The molecule has 0 saturated carbocycles. The van der Waals surface area contributed by atoms with Crippen molar-refractivity contribution in [3.63, 3.8) is 0 Å². The highest BCUT2D eigenvalue weighted by Gasteiger charge is 2.26. The monoisotopic (exact) mass is 396 g/mol. The van der Waals surface area contributed by atoms with Crippen molar-refractivity contribution in [2.45, 2.75) is 37.8 Å². The van der Waals surface area contributed by atoms with Crippen LogP contribution in [0.5, 0.6) is 5.75 Å². The largest absolute Gasteiger partial charge is 0.493 e. The Morgan fingerprint density at radius 1 is 1.21 bits per heavy atom. The minimum absolute atomic E-state index is 0.137. The summed E-state index contributed by atoms with van der Waals surface area (Å²) in [5.74, 6) is 2.82. The fourth-order valence-electron chi connectivity index (χ4n) is 3.85. The molecular formula is C22H28N4O3. The van der Waals surface area contributed by atoms with E-state index < -0.39 is 0 Å². The second-order valence-electron chi connectivity index (χ2n) is 7.59. The highest BCUT2D eigenvalue weighted by atomic mass is 16.5. The number of likely N-dealkylation sites (tertiary alicyclic amines) is 1. The van der Waals surface area contributed by atoms with Gasteiger partial charge in [0.25, 0.3) is 0 Å². The molecule has 154 valence electrons. The molecule has 2 aliphatic rings. The van der Waals surface area contributed by atoms with Gasteiger partial charge in [-0.25, -0.2) is 0 Å². The third-order valence-corrected chi connectivity index (χ3v) is 5.45. The van der Waals surface area contributed by atoms with Gasteiger partial charge in [0, 0.05) is 51.0 Å². The number of ether oxygens (including phenoxy) is 1. The van der Waals surface area contributed by atoms with Crippen LogP contribution in [-0.2, 0) is 11.2 Å². The molecular weight excluding hydrogens is 368 g/mol. The number of carbonyl (C=O) groups excluding carboxylic acids is 1. The number of fused-ring (bicyclic) bond motifs is 1. The molecule has 2 atom stereocenters. The molecule has 3 heterocycles. The topological polar surface area (TPSA) is 79.1 Å². The average Bonchev–Trinajstić information content (AvgIpc) is 3.24. The minimum Gasteiger partial charge on any atom is -0.493 e. The number of benzene rings is 1. The molecule has 1 fully saturated rings. The van der Waals surface area contributed by atoms with Crippen molar-refractivity contribution in [2.75, 3.05) is 26.7 Å². The van der Waals surface area contributed by atoms with E-state index >= 15 is 0 Å². The number of guanidine groups is 1. The average molecular weight is 396 g/mol. The van der Waals surface area contributed by atoms with E-state index in [1.54, 1.807) is 11.2 Å². The van der Waals surface area contributed by atoms with Gasteiger partial charge in [-0.3, -0.25) is 9.79 Å². The zero-order valence-electron chi connectivity index (χ0n) is 16.8. The second kappa shape index (κ2) is 9.03. The maximum absolute atomic E-state index is 11.8. The Balaban J connectivity index is 1.46. The number of nitrogens with one attached hydrogen (secondary N) is 2. The van der Waals surface area contributed by atoms with Gasteiger partial charge in [0.05, 0.1) is 18.9 Å². The summed E-state index contributed by atoms with van der Waals surface area (Å²) in [6.45, 7) is 1.98. The van der Waals surface area contributed by atoms with Crippen LogP contribution in [-0.4, -0.2) is 49.6 Å². The number of rotatable bonds is 5. The fourth-order valence-corrected chi connectivity index (χ4v) is 3.85. The smallest absolute Gasteiger partial charge is 0.222 e. The number of hydrogen-bond donors (Lipinski definition) is 2. The van der Waals surface area contributed by atoms with Crippen molar-refractivity contribution in [3.05, 3.63) is 54.0 Å². The lowest BCUT2D eigenvalue weighted by atomic mass is 10.0. The van der Waals surface area contributed by atoms with Crippen molar-refractivity contribution in [2.24, 2.45) is 4.99 Å². The van der Waals surface area contributed by atoms with Gasteiger partial charge in [0.15, 0.2) is 5.96 Å². The second-order valence-corrected chi connectivity index (χ2v) is 7.59. The number of para-hydroxylation sites is 1. The molecule has 1 saturated heterocycles. The highest BCUT2D eigenvalue weighted by Crippen LogP contribution is 2.31. The van der Waals surface area contributed by atoms with Gasteiger partial charge in [0.1, 0.15) is 11.5 Å². The first-order chi connectivity index (χ1) is 14.2. The zero-order chi connectivity index (χ0) is 20.1. The Labute approximate surface area is 171 Å². The van der Waals surface area contributed by atoms with Crippen molar-refractivity contribution in [1.82, 2.24) is 15.5 Å². The lowest BCUT2D eigenvalue weighted by Crippen LogP contribution is -2.52. The number of hydrogen-bond acceptors (Lipinski definition) is 4. The summed E-state index contributed by atoms with van der Waals surface area (Å²) in [6, 6.07) is 12.3. The summed E-state index contributed by atoms with van der Waals surface area (Å²) in [5, 5.41) is 7.13. The van der Waals surface area contributed by atoms with Gasteiger partial charge in [-0.1, -0.05) is 18.2 Å². The lowest BCUT2D eigenvalue weighted by molar-refractivity contribution is -0.132. The van der Waals surface area contributed by atoms with Crippen LogP contribution in [0.3, 0.4) is 0 Å². The predicted molar refractivity (Wildman–Crippen MR) is 111 cm³/mol. The van der Waals surface area contributed by atoms with E-state index in [1.165, 1.54) is 0 Å². The van der Waals surface area contributed by atoms with Crippen molar-refractivity contribution < 1.29 is 13.9 Å². The summed E-state index contributed by atoms with van der Waals surface area (Å²) in [7, 11) is 1.85. The van der Waals surface area contributed by atoms with Crippen LogP contribution in [0.1, 0.15) is 36.6 Å². The Bertz CT molecular complexity index is 850. The first kappa shape index (κ1) is 19.4. The molecule has 0 bridgehead atoms. The quantitative estimate of drug-likeness (QED) is 0.600. The van der Waals surface area contributed by atoms with Crippen LogP contribution >= 0.6 is 0 Å². The summed E-state index contributed by atoms with van der Waals surface area (Å²) in [6.07, 6.45) is 4.68. The molecule has 0 spiro atoms. The molecule has 2 aromatic rings. The zero-order valence-corrected chi connectivity index (χ0v) is 16.8. The van der Waals surface area contributed by atoms with E-state index in [0.717, 1.165) is 42.3 Å². The Morgan fingerprint density at radius 3 is 2.93 bits per heavy atom. The SMILES string of the molecule is CN1CC(NC(=NCCc2ccco2)NC2CCOc3ccccc32)CCC1=O. The molecule has 2 unspecified atom stereocenters. The summed E-state index contributed by atoms with van der Waals surface area (Å²) in [5.41, 5.74) is 1.15. The first-order valence-corrected chi connectivity index (χ1v) is 10.2. The van der Waals surface area contributed by atoms with Crippen molar-refractivity contribution in [3.8, 4) is 5.75 Å². The van der Waals surface area contributed by atoms with Crippen LogP contribution in [0.4, 0.5) is 0 Å². The predicted octanol–water partition coefficient (Wildman–Crippen LogP) is 2.50. The summed E-state index contributed by atoms with van der Waals surface area (Å²) in [4.78, 5) is 18.4. The standard InChI is InChI=1S/C22H28N4O3/c1-26-15-16(8-9-21(26)27)24-22(23-12-10-17-5-4-13-28-17)25-19-11-14-29-20-7-3-2-6-18(19)20/h2-7,13,16,19H,8-12,14-15H2,1H3,(H2,23,24,25). The van der Waals surface area contributed by atoms with E-state index in [4.69, 9.17) is 14.1 Å². The van der Waals surface area contributed by atoms with E-state index in [0.29, 0.717) is 26.1 Å². The Morgan fingerprint density at radius 2 is 2.10 bits per heavy atom. The fraction of sp³-hybridized carbons (Fsp3) is 0.455. The maximum atomic E-state index is 11.8. The number of nitrogens with zero attached hydrogens (tertiary/aromatic N) is 2. The number of furan rings is 1. The van der Waals surface area contributed by atoms with E-state index in [2.05, 4.69) is 16.7 Å². The van der Waals surface area contributed by atoms with Crippen LogP contribution in [0, 0.1) is 0 Å². The number of likely N-dealkylation sites (N-methyl/N-ethyl adjacent to an activating group) is 1. The normalized spacial score (nSPS) is 22.0. The lowest BCUT2D eigenvalue weighted by Gasteiger charge is -2.33. The number of carbonyl (C=O) groups is 1. The van der Waals surface area contributed by atoms with Gasteiger partial charge in [0.2, 0.25) is 5.91 Å². The van der Waals surface area contributed by atoms with Gasteiger partial charge < -0.3 is 24.7 Å². The van der Waals surface area contributed by atoms with Crippen molar-refractivity contribution in [1.29, 1.82) is 0 Å². The molecule has 1 aromatic carbocycles. The van der Waals surface area contributed by atoms with E-state index in [-0.39, 0.29) is 18.0 Å². The molecule has 7 nitrogen and oxygen atoms in total. The molecule has 1 amide bonds. The van der Waals surface area contributed by atoms with Gasteiger partial charge >= 0.3 is 0 Å². The third kappa shape index (κ3) is 4.91. The molecule has 7 heteroatoms. The Kier molecular flexibility index (Phi) is 6.03. The first-order valence-electron chi connectivity index (χ1n) is 10.2. The summed E-state index contributed by atoms with van der Waals surface area (Å²) < 4.78 is 11.2. The van der Waals surface area contributed by atoms with Crippen LogP contribution in [0.25, 0.3) is 0 Å². The molecule has 2 N–H and O–H groups in total. The Hall–Kier alpha value is -2.96. The molecule has 29 heavy (non-hydrogen) atoms. The summed E-state index contributed by atoms with van der Waals surface area (Å²) >= 11 is 0. The molecule has 2 aliphatic heterocycles. The van der Waals surface area contributed by atoms with E-state index in [1.807, 2.05) is 37.4 Å². The number of aliphatic imine (C=N–C) groups is 1. The minimum atomic E-state index is 0.137. The molecule has 0 radical (unpaired) electrons. The van der Waals surface area contributed by atoms with E-state index in [9.17, 15) is 4.79 Å². The third-order valence-electron chi connectivity index (χ3n) is 5.45. The maximum Gasteiger partial charge on any atom is 0.222 e. The number of piperidine rings is 1. The van der Waals surface area contributed by atoms with Gasteiger partial charge in [-0.2, -0.15) is 0 Å².